The highest BCUT2D eigenvalue weighted by atomic mass is 32.1. The van der Waals surface area contributed by atoms with Crippen LogP contribution in [0.5, 0.6) is 5.75 Å². The lowest BCUT2D eigenvalue weighted by molar-refractivity contribution is 0.416. The predicted molar refractivity (Wildman–Crippen MR) is 45.0 cm³/mol. The first-order valence-corrected chi connectivity index (χ1v) is 4.24. The van der Waals surface area contributed by atoms with Crippen molar-refractivity contribution < 1.29 is 4.74 Å². The molecule has 0 aliphatic rings. The number of thiophene rings is 1. The van der Waals surface area contributed by atoms with Crippen LogP contribution in [-0.4, -0.2) is 7.11 Å². The second-order valence-corrected chi connectivity index (χ2v) is 3.49. The number of rotatable bonds is 2. The van der Waals surface area contributed by atoms with Crippen LogP contribution < -0.4 is 4.74 Å². The molecule has 0 radical (unpaired) electrons. The Balaban J connectivity index is 2.78. The first-order chi connectivity index (χ1) is 4.74. The Hall–Kier alpha value is -0.500. The van der Waals surface area contributed by atoms with E-state index >= 15 is 0 Å². The summed E-state index contributed by atoms with van der Waals surface area (Å²) in [5.74, 6) is 1.60. The molecule has 1 aromatic heterocycles. The minimum Gasteiger partial charge on any atom is -0.496 e. The summed E-state index contributed by atoms with van der Waals surface area (Å²) in [7, 11) is 1.70. The summed E-state index contributed by atoms with van der Waals surface area (Å²) in [6.07, 6.45) is 0. The molecule has 10 heavy (non-hydrogen) atoms. The van der Waals surface area contributed by atoms with Crippen molar-refractivity contribution in [3.8, 4) is 5.75 Å². The molecule has 2 heteroatoms. The molecule has 0 unspecified atom stereocenters. The third kappa shape index (κ3) is 1.51. The van der Waals surface area contributed by atoms with Crippen molar-refractivity contribution in [3.05, 3.63) is 16.3 Å². The molecule has 0 bridgehead atoms. The summed E-state index contributed by atoms with van der Waals surface area (Å²) < 4.78 is 5.06. The number of methoxy groups -OCH3 is 1. The summed E-state index contributed by atoms with van der Waals surface area (Å²) in [4.78, 5) is 1.39. The van der Waals surface area contributed by atoms with Gasteiger partial charge in [-0.2, -0.15) is 0 Å². The zero-order valence-electron chi connectivity index (χ0n) is 6.55. The molecule has 0 aliphatic carbocycles. The molecule has 1 heterocycles. The lowest BCUT2D eigenvalue weighted by Crippen LogP contribution is -1.80. The van der Waals surface area contributed by atoms with E-state index in [1.165, 1.54) is 4.88 Å². The second kappa shape index (κ2) is 3.06. The van der Waals surface area contributed by atoms with E-state index in [-0.39, 0.29) is 0 Å². The molecule has 0 saturated heterocycles. The van der Waals surface area contributed by atoms with Gasteiger partial charge < -0.3 is 4.74 Å². The maximum atomic E-state index is 5.06. The molecular formula is C8H12OS. The highest BCUT2D eigenvalue weighted by Crippen LogP contribution is 2.27. The Morgan fingerprint density at radius 3 is 2.50 bits per heavy atom. The third-order valence-electron chi connectivity index (χ3n) is 1.40. The van der Waals surface area contributed by atoms with Gasteiger partial charge in [-0.25, -0.2) is 0 Å². The van der Waals surface area contributed by atoms with Gasteiger partial charge in [0.25, 0.3) is 0 Å². The Kier molecular flexibility index (Phi) is 2.33. The molecule has 1 rings (SSSR count). The van der Waals surface area contributed by atoms with Gasteiger partial charge in [-0.15, -0.1) is 11.3 Å². The normalized spacial score (nSPS) is 10.4. The van der Waals surface area contributed by atoms with E-state index in [9.17, 15) is 0 Å². The van der Waals surface area contributed by atoms with E-state index in [1.54, 1.807) is 18.4 Å². The Morgan fingerprint density at radius 2 is 2.20 bits per heavy atom. The maximum Gasteiger partial charge on any atom is 0.129 e. The molecule has 1 aromatic rings. The lowest BCUT2D eigenvalue weighted by atomic mass is 10.2. The zero-order chi connectivity index (χ0) is 7.56. The molecule has 0 aliphatic heterocycles. The average molecular weight is 156 g/mol. The van der Waals surface area contributed by atoms with Crippen LogP contribution in [0.3, 0.4) is 0 Å². The molecule has 0 fully saturated rings. The quantitative estimate of drug-likeness (QED) is 0.639. The van der Waals surface area contributed by atoms with E-state index in [0.29, 0.717) is 5.92 Å². The van der Waals surface area contributed by atoms with Crippen LogP contribution in [0.25, 0.3) is 0 Å². The van der Waals surface area contributed by atoms with Gasteiger partial charge in [-0.3, -0.25) is 0 Å². The second-order valence-electron chi connectivity index (χ2n) is 2.54. The largest absolute Gasteiger partial charge is 0.496 e. The fourth-order valence-corrected chi connectivity index (χ4v) is 1.62. The van der Waals surface area contributed by atoms with Gasteiger partial charge in [-0.05, 0) is 12.0 Å². The SMILES string of the molecule is COc1csc(C(C)C)c1. The lowest BCUT2D eigenvalue weighted by Gasteiger charge is -1.96. The Labute approximate surface area is 65.6 Å². The van der Waals surface area contributed by atoms with Crippen LogP contribution in [0.2, 0.25) is 0 Å². The summed E-state index contributed by atoms with van der Waals surface area (Å²) in [6, 6.07) is 2.09. The van der Waals surface area contributed by atoms with Crippen LogP contribution in [-0.2, 0) is 0 Å². The van der Waals surface area contributed by atoms with Gasteiger partial charge in [-0.1, -0.05) is 13.8 Å². The fraction of sp³-hybridized carbons (Fsp3) is 0.500. The zero-order valence-corrected chi connectivity index (χ0v) is 7.37. The van der Waals surface area contributed by atoms with Crippen molar-refractivity contribution in [1.82, 2.24) is 0 Å². The molecule has 0 atom stereocenters. The van der Waals surface area contributed by atoms with Crippen molar-refractivity contribution in [2.75, 3.05) is 7.11 Å². The van der Waals surface area contributed by atoms with Crippen LogP contribution >= 0.6 is 11.3 Å². The Bertz CT molecular complexity index is 203. The smallest absolute Gasteiger partial charge is 0.129 e. The predicted octanol–water partition coefficient (Wildman–Crippen LogP) is 2.88. The molecule has 0 aromatic carbocycles. The van der Waals surface area contributed by atoms with Crippen molar-refractivity contribution in [1.29, 1.82) is 0 Å². The van der Waals surface area contributed by atoms with Crippen LogP contribution in [0.1, 0.15) is 24.6 Å². The minimum absolute atomic E-state index is 0.619. The number of hydrogen-bond donors (Lipinski definition) is 0. The number of hydrogen-bond acceptors (Lipinski definition) is 2. The third-order valence-corrected chi connectivity index (χ3v) is 2.61. The summed E-state index contributed by atoms with van der Waals surface area (Å²) in [5.41, 5.74) is 0. The Morgan fingerprint density at radius 1 is 1.50 bits per heavy atom. The van der Waals surface area contributed by atoms with Crippen molar-refractivity contribution in [3.63, 3.8) is 0 Å². The van der Waals surface area contributed by atoms with Crippen LogP contribution in [0.4, 0.5) is 0 Å². The van der Waals surface area contributed by atoms with Gasteiger partial charge in [0, 0.05) is 10.3 Å². The van der Waals surface area contributed by atoms with Gasteiger partial charge in [0.05, 0.1) is 7.11 Å². The van der Waals surface area contributed by atoms with E-state index in [1.807, 2.05) is 5.38 Å². The van der Waals surface area contributed by atoms with Crippen LogP contribution in [0, 0.1) is 0 Å². The molecular weight excluding hydrogens is 144 g/mol. The molecule has 1 nitrogen and oxygen atoms in total. The topological polar surface area (TPSA) is 9.23 Å². The maximum absolute atomic E-state index is 5.06. The van der Waals surface area contributed by atoms with Gasteiger partial charge in [0.2, 0.25) is 0 Å². The number of ether oxygens (including phenoxy) is 1. The van der Waals surface area contributed by atoms with E-state index in [0.717, 1.165) is 5.75 Å². The van der Waals surface area contributed by atoms with E-state index in [2.05, 4.69) is 19.9 Å². The minimum atomic E-state index is 0.619. The molecule has 0 N–H and O–H groups in total. The van der Waals surface area contributed by atoms with E-state index < -0.39 is 0 Å². The molecule has 0 saturated carbocycles. The first kappa shape index (κ1) is 7.61. The summed E-state index contributed by atoms with van der Waals surface area (Å²) in [6.45, 7) is 4.37. The van der Waals surface area contributed by atoms with Gasteiger partial charge in [0.15, 0.2) is 0 Å². The van der Waals surface area contributed by atoms with Gasteiger partial charge in [0.1, 0.15) is 5.75 Å². The highest BCUT2D eigenvalue weighted by molar-refractivity contribution is 7.10. The average Bonchev–Trinajstić information content (AvgIpc) is 2.34. The monoisotopic (exact) mass is 156 g/mol. The van der Waals surface area contributed by atoms with Gasteiger partial charge >= 0.3 is 0 Å². The summed E-state index contributed by atoms with van der Waals surface area (Å²) >= 11 is 1.76. The van der Waals surface area contributed by atoms with Crippen molar-refractivity contribution >= 4 is 11.3 Å². The standard InChI is InChI=1S/C8H12OS/c1-6(2)8-4-7(9-3)5-10-8/h4-6H,1-3H3. The van der Waals surface area contributed by atoms with Crippen LogP contribution in [0.15, 0.2) is 11.4 Å². The van der Waals surface area contributed by atoms with Crippen molar-refractivity contribution in [2.24, 2.45) is 0 Å². The first-order valence-electron chi connectivity index (χ1n) is 3.36. The molecule has 56 valence electrons. The molecule has 0 amide bonds. The molecule has 0 spiro atoms. The highest BCUT2D eigenvalue weighted by Gasteiger charge is 2.02. The van der Waals surface area contributed by atoms with E-state index in [4.69, 9.17) is 4.74 Å². The fourth-order valence-electron chi connectivity index (χ4n) is 0.744. The van der Waals surface area contributed by atoms with Crippen molar-refractivity contribution in [2.45, 2.75) is 19.8 Å². The summed E-state index contributed by atoms with van der Waals surface area (Å²) in [5, 5.41) is 2.04.